The highest BCUT2D eigenvalue weighted by atomic mass is 16.1. The van der Waals surface area contributed by atoms with Crippen molar-refractivity contribution in [2.24, 2.45) is 16.7 Å². The molecule has 3 aromatic carbocycles. The maximum absolute atomic E-state index is 13.0. The Morgan fingerprint density at radius 1 is 1.03 bits per heavy atom. The first-order valence-corrected chi connectivity index (χ1v) is 9.62. The molecule has 154 valence electrons. The highest BCUT2D eigenvalue weighted by molar-refractivity contribution is 6.09. The van der Waals surface area contributed by atoms with E-state index in [0.29, 0.717) is 29.4 Å². The molecular weight excluding hydrogens is 390 g/mol. The Balaban J connectivity index is 1.72. The van der Waals surface area contributed by atoms with Gasteiger partial charge < -0.3 is 22.2 Å². The zero-order chi connectivity index (χ0) is 21.6. The predicted molar refractivity (Wildman–Crippen MR) is 123 cm³/mol. The van der Waals surface area contributed by atoms with Gasteiger partial charge in [-0.25, -0.2) is 9.97 Å². The number of anilines is 3. The largest absolute Gasteiger partial charge is 0.326 e. The van der Waals surface area contributed by atoms with E-state index in [4.69, 9.17) is 11.6 Å². The molecule has 1 amide bonds. The van der Waals surface area contributed by atoms with Gasteiger partial charge in [0.05, 0.1) is 6.21 Å². The number of nitrogens with zero attached hydrogens (tertiary/aromatic N) is 3. The van der Waals surface area contributed by atoms with Crippen LogP contribution in [0.25, 0.3) is 10.8 Å². The van der Waals surface area contributed by atoms with Crippen molar-refractivity contribution in [3.05, 3.63) is 89.7 Å². The van der Waals surface area contributed by atoms with Crippen molar-refractivity contribution >= 4 is 40.2 Å². The van der Waals surface area contributed by atoms with E-state index < -0.39 is 0 Å². The van der Waals surface area contributed by atoms with Crippen molar-refractivity contribution in [2.75, 3.05) is 10.6 Å². The fourth-order valence-corrected chi connectivity index (χ4v) is 3.19. The number of benzene rings is 3. The lowest BCUT2D eigenvalue weighted by molar-refractivity contribution is 0.102. The number of nitrogens with one attached hydrogen (secondary N) is 2. The molecule has 0 atom stereocenters. The van der Waals surface area contributed by atoms with Crippen LogP contribution in [0.3, 0.4) is 0 Å². The quantitative estimate of drug-likeness (QED) is 0.218. The number of amides is 1. The Hall–Kier alpha value is -4.30. The summed E-state index contributed by atoms with van der Waals surface area (Å²) in [4.78, 5) is 21.4. The van der Waals surface area contributed by atoms with Crippen LogP contribution in [0.4, 0.5) is 17.3 Å². The number of hydrogen-bond acceptors (Lipinski definition) is 7. The van der Waals surface area contributed by atoms with Crippen molar-refractivity contribution in [1.82, 2.24) is 9.97 Å². The fraction of sp³-hybridized carbons (Fsp3) is 0.0435. The summed E-state index contributed by atoms with van der Waals surface area (Å²) in [5, 5.41) is 11.5. The molecule has 8 heteroatoms. The summed E-state index contributed by atoms with van der Waals surface area (Å²) < 4.78 is 0. The van der Waals surface area contributed by atoms with E-state index in [-0.39, 0.29) is 5.91 Å². The van der Waals surface area contributed by atoms with Crippen LogP contribution >= 0.6 is 0 Å². The first-order valence-electron chi connectivity index (χ1n) is 9.62. The van der Waals surface area contributed by atoms with Gasteiger partial charge in [0.1, 0.15) is 0 Å². The topological polar surface area (TPSA) is 131 Å². The van der Waals surface area contributed by atoms with Crippen LogP contribution in [0.5, 0.6) is 0 Å². The molecule has 0 unspecified atom stereocenters. The first kappa shape index (κ1) is 20.0. The number of carbonyl (C=O) groups excluding carboxylic acids is 1. The molecule has 4 rings (SSSR count). The molecule has 31 heavy (non-hydrogen) atoms. The predicted octanol–water partition coefficient (Wildman–Crippen LogP) is 3.38. The van der Waals surface area contributed by atoms with Gasteiger partial charge in [0, 0.05) is 41.3 Å². The number of aromatic nitrogens is 2. The third-order valence-corrected chi connectivity index (χ3v) is 4.72. The van der Waals surface area contributed by atoms with E-state index in [9.17, 15) is 4.79 Å². The van der Waals surface area contributed by atoms with Crippen LogP contribution in [0.15, 0.2) is 78.2 Å². The van der Waals surface area contributed by atoms with Gasteiger partial charge in [-0.15, -0.1) is 0 Å². The maximum atomic E-state index is 13.0. The second-order valence-corrected chi connectivity index (χ2v) is 6.84. The van der Waals surface area contributed by atoms with Gasteiger partial charge in [0.15, 0.2) is 0 Å². The lowest BCUT2D eigenvalue weighted by atomic mass is 10.0. The van der Waals surface area contributed by atoms with Gasteiger partial charge in [0.2, 0.25) is 5.95 Å². The zero-order valence-corrected chi connectivity index (χ0v) is 16.6. The molecule has 1 heterocycles. The highest BCUT2D eigenvalue weighted by Crippen LogP contribution is 2.29. The number of hydrazone groups is 1. The summed E-state index contributed by atoms with van der Waals surface area (Å²) in [7, 11) is 0. The van der Waals surface area contributed by atoms with Crippen LogP contribution in [0.1, 0.15) is 21.5 Å². The molecule has 8 nitrogen and oxygen atoms in total. The average molecular weight is 411 g/mol. The summed E-state index contributed by atoms with van der Waals surface area (Å²) >= 11 is 0. The minimum absolute atomic E-state index is 0.230. The lowest BCUT2D eigenvalue weighted by Crippen LogP contribution is -2.12. The summed E-state index contributed by atoms with van der Waals surface area (Å²) in [6, 6.07) is 18.5. The number of carbonyl (C=O) groups is 1. The van der Waals surface area contributed by atoms with Crippen LogP contribution in [0, 0.1) is 0 Å². The normalized spacial score (nSPS) is 11.0. The standard InChI is InChI=1S/C23H21N7O/c24-13-15-3-6-19(7-4-15)29-22(31)18-11-17-5-2-16(14-28-25)10-20(17)21(12-18)30-23-26-8-1-9-27-23/h1-12,14H,13,24-25H2,(H,29,31)(H,26,27,30). The fourth-order valence-electron chi connectivity index (χ4n) is 3.19. The van der Waals surface area contributed by atoms with Crippen molar-refractivity contribution in [3.8, 4) is 0 Å². The molecule has 0 saturated carbocycles. The molecule has 0 fully saturated rings. The lowest BCUT2D eigenvalue weighted by Gasteiger charge is -2.13. The van der Waals surface area contributed by atoms with Crippen molar-refractivity contribution in [1.29, 1.82) is 0 Å². The van der Waals surface area contributed by atoms with Crippen molar-refractivity contribution in [3.63, 3.8) is 0 Å². The Labute approximate surface area is 179 Å². The molecule has 0 aliphatic heterocycles. The number of fused-ring (bicyclic) bond motifs is 1. The van der Waals surface area contributed by atoms with Crippen molar-refractivity contribution < 1.29 is 4.79 Å². The molecule has 0 aliphatic carbocycles. The van der Waals surface area contributed by atoms with Gasteiger partial charge in [-0.05, 0) is 52.9 Å². The minimum atomic E-state index is -0.230. The van der Waals surface area contributed by atoms with E-state index in [1.165, 1.54) is 0 Å². The highest BCUT2D eigenvalue weighted by Gasteiger charge is 2.12. The van der Waals surface area contributed by atoms with Gasteiger partial charge in [-0.1, -0.05) is 24.3 Å². The Morgan fingerprint density at radius 2 is 1.81 bits per heavy atom. The first-order chi connectivity index (χ1) is 15.2. The van der Waals surface area contributed by atoms with E-state index >= 15 is 0 Å². The monoisotopic (exact) mass is 411 g/mol. The van der Waals surface area contributed by atoms with Gasteiger partial charge in [-0.2, -0.15) is 5.10 Å². The molecule has 6 N–H and O–H groups in total. The molecule has 0 spiro atoms. The Kier molecular flexibility index (Phi) is 5.82. The molecule has 0 bridgehead atoms. The molecule has 4 aromatic rings. The van der Waals surface area contributed by atoms with Crippen LogP contribution in [0.2, 0.25) is 0 Å². The Morgan fingerprint density at radius 3 is 2.52 bits per heavy atom. The van der Waals surface area contributed by atoms with Crippen LogP contribution in [-0.4, -0.2) is 22.1 Å². The minimum Gasteiger partial charge on any atom is -0.326 e. The second-order valence-electron chi connectivity index (χ2n) is 6.84. The van der Waals surface area contributed by atoms with Crippen molar-refractivity contribution in [2.45, 2.75) is 6.54 Å². The van der Waals surface area contributed by atoms with Gasteiger partial charge in [0.25, 0.3) is 5.91 Å². The molecule has 0 saturated heterocycles. The van der Waals surface area contributed by atoms with Crippen LogP contribution in [-0.2, 0) is 6.54 Å². The summed E-state index contributed by atoms with van der Waals surface area (Å²) in [5.74, 6) is 5.49. The SMILES string of the molecule is NCc1ccc(NC(=O)c2cc(Nc3ncccn3)c3cc(C=NN)ccc3c2)cc1. The number of rotatable bonds is 6. The molecular formula is C23H21N7O. The summed E-state index contributed by atoms with van der Waals surface area (Å²) in [6.07, 6.45) is 4.85. The zero-order valence-electron chi connectivity index (χ0n) is 16.6. The van der Waals surface area contributed by atoms with E-state index in [0.717, 1.165) is 21.9 Å². The van der Waals surface area contributed by atoms with Gasteiger partial charge >= 0.3 is 0 Å². The maximum Gasteiger partial charge on any atom is 0.255 e. The Bertz CT molecular complexity index is 1240. The van der Waals surface area contributed by atoms with E-state index in [1.807, 2.05) is 48.5 Å². The van der Waals surface area contributed by atoms with Crippen LogP contribution < -0.4 is 22.2 Å². The van der Waals surface area contributed by atoms with E-state index in [2.05, 4.69) is 25.7 Å². The summed E-state index contributed by atoms with van der Waals surface area (Å²) in [6.45, 7) is 0.451. The van der Waals surface area contributed by atoms with E-state index in [1.54, 1.807) is 30.7 Å². The van der Waals surface area contributed by atoms with Gasteiger partial charge in [-0.3, -0.25) is 4.79 Å². The molecule has 0 radical (unpaired) electrons. The second kappa shape index (κ2) is 9.02. The third-order valence-electron chi connectivity index (χ3n) is 4.72. The third kappa shape index (κ3) is 4.65. The number of nitrogens with two attached hydrogens (primary N) is 2. The smallest absolute Gasteiger partial charge is 0.255 e. The number of hydrogen-bond donors (Lipinski definition) is 4. The summed E-state index contributed by atoms with van der Waals surface area (Å²) in [5.41, 5.74) is 9.35. The molecule has 1 aromatic heterocycles. The average Bonchev–Trinajstić information content (AvgIpc) is 2.80. The molecule has 0 aliphatic rings.